The summed E-state index contributed by atoms with van der Waals surface area (Å²) >= 11 is 2.17. The van der Waals surface area contributed by atoms with Crippen molar-refractivity contribution in [1.29, 1.82) is 0 Å². The zero-order chi connectivity index (χ0) is 9.35. The van der Waals surface area contributed by atoms with Crippen molar-refractivity contribution in [3.63, 3.8) is 0 Å². The van der Waals surface area contributed by atoms with Crippen molar-refractivity contribution < 1.29 is 4.39 Å². The van der Waals surface area contributed by atoms with E-state index >= 15 is 0 Å². The molecule has 1 rings (SSSR count). The zero-order valence-corrected chi connectivity index (χ0v) is 9.52. The van der Waals surface area contributed by atoms with E-state index in [2.05, 4.69) is 48.3 Å². The van der Waals surface area contributed by atoms with Gasteiger partial charge in [0.15, 0.2) is 0 Å². The van der Waals surface area contributed by atoms with E-state index in [4.69, 9.17) is 0 Å². The molecule has 0 spiro atoms. The van der Waals surface area contributed by atoms with E-state index in [-0.39, 0.29) is 5.41 Å². The minimum atomic E-state index is -0.402. The number of aromatic nitrogens is 1. The third-order valence-electron chi connectivity index (χ3n) is 1.63. The Morgan fingerprint density at radius 1 is 1.42 bits per heavy atom. The highest BCUT2D eigenvalue weighted by Crippen LogP contribution is 2.26. The van der Waals surface area contributed by atoms with E-state index < -0.39 is 5.95 Å². The molecule has 0 aromatic carbocycles. The first-order chi connectivity index (χ1) is 5.41. The van der Waals surface area contributed by atoms with E-state index in [9.17, 15) is 4.39 Å². The second-order valence-electron chi connectivity index (χ2n) is 3.74. The fourth-order valence-electron chi connectivity index (χ4n) is 0.988. The number of hydrogen-bond acceptors (Lipinski definition) is 1. The molecule has 0 unspecified atom stereocenters. The molecule has 66 valence electrons. The number of nitrogens with zero attached hydrogens (tertiary/aromatic N) is 1. The summed E-state index contributed by atoms with van der Waals surface area (Å²) in [6.45, 7) is 6.18. The van der Waals surface area contributed by atoms with Crippen LogP contribution in [-0.2, 0) is 5.41 Å². The average molecular weight is 279 g/mol. The van der Waals surface area contributed by atoms with Crippen LogP contribution in [0.4, 0.5) is 4.39 Å². The molecule has 0 bridgehead atoms. The molecule has 0 radical (unpaired) electrons. The van der Waals surface area contributed by atoms with Crippen LogP contribution in [0.5, 0.6) is 0 Å². The lowest BCUT2D eigenvalue weighted by Crippen LogP contribution is -2.13. The van der Waals surface area contributed by atoms with Crippen molar-refractivity contribution in [2.75, 3.05) is 0 Å². The van der Waals surface area contributed by atoms with Gasteiger partial charge in [0, 0.05) is 9.77 Å². The maximum atomic E-state index is 12.8. The van der Waals surface area contributed by atoms with Gasteiger partial charge in [0.2, 0.25) is 5.95 Å². The summed E-state index contributed by atoms with van der Waals surface area (Å²) in [5.74, 6) is -0.402. The molecule has 3 heteroatoms. The molecule has 0 aliphatic carbocycles. The van der Waals surface area contributed by atoms with Gasteiger partial charge in [0.05, 0.1) is 0 Å². The minimum absolute atomic E-state index is 0.0136. The molecule has 0 N–H and O–H groups in total. The van der Waals surface area contributed by atoms with Gasteiger partial charge in [0.1, 0.15) is 0 Å². The summed E-state index contributed by atoms with van der Waals surface area (Å²) in [7, 11) is 0. The van der Waals surface area contributed by atoms with Crippen LogP contribution >= 0.6 is 22.6 Å². The van der Waals surface area contributed by atoms with E-state index in [1.807, 2.05) is 0 Å². The largest absolute Gasteiger partial charge is 0.227 e. The third kappa shape index (κ3) is 2.15. The van der Waals surface area contributed by atoms with E-state index in [1.54, 1.807) is 6.20 Å². The smallest absolute Gasteiger partial charge is 0.213 e. The maximum Gasteiger partial charge on any atom is 0.213 e. The van der Waals surface area contributed by atoms with Crippen LogP contribution in [0.25, 0.3) is 0 Å². The Morgan fingerprint density at radius 3 is 2.42 bits per heavy atom. The SMILES string of the molecule is CC(C)(C)c1cc(F)ncc1I. The number of rotatable bonds is 0. The predicted molar refractivity (Wildman–Crippen MR) is 55.6 cm³/mol. The van der Waals surface area contributed by atoms with Crippen LogP contribution in [0.2, 0.25) is 0 Å². The average Bonchev–Trinajstić information content (AvgIpc) is 1.92. The second-order valence-corrected chi connectivity index (χ2v) is 4.90. The van der Waals surface area contributed by atoms with Gasteiger partial charge in [-0.25, -0.2) is 4.98 Å². The Bertz CT molecular complexity index is 291. The highest BCUT2D eigenvalue weighted by atomic mass is 127. The Balaban J connectivity index is 3.23. The van der Waals surface area contributed by atoms with E-state index in [1.165, 1.54) is 6.07 Å². The molecule has 0 atom stereocenters. The lowest BCUT2D eigenvalue weighted by Gasteiger charge is -2.20. The molecule has 0 aliphatic rings. The van der Waals surface area contributed by atoms with Gasteiger partial charge >= 0.3 is 0 Å². The summed E-state index contributed by atoms with van der Waals surface area (Å²) in [6, 6.07) is 1.50. The predicted octanol–water partition coefficient (Wildman–Crippen LogP) is 3.12. The van der Waals surface area contributed by atoms with Crippen molar-refractivity contribution in [2.24, 2.45) is 0 Å². The first-order valence-corrected chi connectivity index (χ1v) is 4.80. The topological polar surface area (TPSA) is 12.9 Å². The van der Waals surface area contributed by atoms with E-state index in [0.717, 1.165) is 9.13 Å². The summed E-state index contributed by atoms with van der Waals surface area (Å²) in [5.41, 5.74) is 0.996. The van der Waals surface area contributed by atoms with Crippen LogP contribution in [0.1, 0.15) is 26.3 Å². The van der Waals surface area contributed by atoms with Gasteiger partial charge in [-0.05, 0) is 39.6 Å². The number of halogens is 2. The lowest BCUT2D eigenvalue weighted by atomic mass is 9.88. The molecule has 1 aromatic rings. The second kappa shape index (κ2) is 3.28. The summed E-state index contributed by atoms with van der Waals surface area (Å²) < 4.78 is 13.8. The van der Waals surface area contributed by atoms with E-state index in [0.29, 0.717) is 0 Å². The Hall–Kier alpha value is -0.190. The number of pyridine rings is 1. The van der Waals surface area contributed by atoms with Crippen LogP contribution < -0.4 is 0 Å². The lowest BCUT2D eigenvalue weighted by molar-refractivity contribution is 0.548. The van der Waals surface area contributed by atoms with Gasteiger partial charge in [-0.2, -0.15) is 4.39 Å². The van der Waals surface area contributed by atoms with Crippen molar-refractivity contribution >= 4 is 22.6 Å². The Morgan fingerprint density at radius 2 is 2.00 bits per heavy atom. The van der Waals surface area contributed by atoms with Gasteiger partial charge < -0.3 is 0 Å². The van der Waals surface area contributed by atoms with Gasteiger partial charge in [-0.15, -0.1) is 0 Å². The molecule has 0 saturated carbocycles. The van der Waals surface area contributed by atoms with Crippen LogP contribution in [0.15, 0.2) is 12.3 Å². The third-order valence-corrected chi connectivity index (χ3v) is 2.49. The van der Waals surface area contributed by atoms with Gasteiger partial charge in [-0.3, -0.25) is 0 Å². The molecule has 12 heavy (non-hydrogen) atoms. The molecular weight excluding hydrogens is 268 g/mol. The molecular formula is C9H11FIN. The Labute approximate surface area is 85.5 Å². The minimum Gasteiger partial charge on any atom is -0.227 e. The fraction of sp³-hybridized carbons (Fsp3) is 0.444. The summed E-state index contributed by atoms with van der Waals surface area (Å²) in [4.78, 5) is 3.58. The van der Waals surface area contributed by atoms with Crippen molar-refractivity contribution in [3.05, 3.63) is 27.3 Å². The first kappa shape index (κ1) is 9.89. The highest BCUT2D eigenvalue weighted by molar-refractivity contribution is 14.1. The van der Waals surface area contributed by atoms with Gasteiger partial charge in [0.25, 0.3) is 0 Å². The highest BCUT2D eigenvalue weighted by Gasteiger charge is 2.17. The summed E-state index contributed by atoms with van der Waals surface area (Å²) in [6.07, 6.45) is 1.57. The summed E-state index contributed by atoms with van der Waals surface area (Å²) in [5, 5.41) is 0. The molecule has 1 nitrogen and oxygen atoms in total. The molecule has 0 aliphatic heterocycles. The fourth-order valence-corrected chi connectivity index (χ4v) is 2.09. The zero-order valence-electron chi connectivity index (χ0n) is 7.36. The van der Waals surface area contributed by atoms with Crippen molar-refractivity contribution in [1.82, 2.24) is 4.98 Å². The quantitative estimate of drug-likeness (QED) is 0.525. The molecule has 0 amide bonds. The van der Waals surface area contributed by atoms with Crippen LogP contribution in [-0.4, -0.2) is 4.98 Å². The molecule has 0 saturated heterocycles. The molecule has 1 aromatic heterocycles. The van der Waals surface area contributed by atoms with Crippen LogP contribution in [0.3, 0.4) is 0 Å². The van der Waals surface area contributed by atoms with Crippen LogP contribution in [0, 0.1) is 9.52 Å². The number of hydrogen-bond donors (Lipinski definition) is 0. The standard InChI is InChI=1S/C9H11FIN/c1-9(2,3)6-4-8(10)12-5-7(6)11/h4-5H,1-3H3. The maximum absolute atomic E-state index is 12.8. The first-order valence-electron chi connectivity index (χ1n) is 3.73. The van der Waals surface area contributed by atoms with Crippen molar-refractivity contribution in [3.8, 4) is 0 Å². The van der Waals surface area contributed by atoms with Crippen molar-refractivity contribution in [2.45, 2.75) is 26.2 Å². The molecule has 0 fully saturated rings. The monoisotopic (exact) mass is 279 g/mol. The normalized spacial score (nSPS) is 11.8. The molecule has 1 heterocycles. The Kier molecular flexibility index (Phi) is 2.70. The van der Waals surface area contributed by atoms with Gasteiger partial charge in [-0.1, -0.05) is 20.8 Å².